The van der Waals surface area contributed by atoms with Gasteiger partial charge in [-0.15, -0.1) is 0 Å². The summed E-state index contributed by atoms with van der Waals surface area (Å²) in [4.78, 5) is 10.3. The van der Waals surface area contributed by atoms with Crippen LogP contribution < -0.4 is 5.32 Å². The highest BCUT2D eigenvalue weighted by Gasteiger charge is 2.10. The molecule has 0 heterocycles. The number of carbonyl (C=O) groups is 1. The van der Waals surface area contributed by atoms with E-state index in [2.05, 4.69) is 5.32 Å². The largest absolute Gasteiger partial charge is 0.357 e. The van der Waals surface area contributed by atoms with Gasteiger partial charge in [0.1, 0.15) is 0 Å². The molecule has 0 aromatic heterocycles. The van der Waals surface area contributed by atoms with Crippen molar-refractivity contribution < 1.29 is 9.90 Å². The van der Waals surface area contributed by atoms with E-state index in [4.69, 9.17) is 0 Å². The monoisotopic (exact) mass is 116 g/mol. The maximum Gasteiger partial charge on any atom is 0.252 e. The van der Waals surface area contributed by atoms with E-state index in [9.17, 15) is 9.90 Å². The Bertz CT molecular complexity index is 82.5. The normalized spacial score (nSPS) is 12.9. The molecule has 1 amide bonds. The molecule has 0 saturated carbocycles. The summed E-state index contributed by atoms with van der Waals surface area (Å²) in [5.41, 5.74) is 0. The summed E-state index contributed by atoms with van der Waals surface area (Å²) < 4.78 is 0. The summed E-state index contributed by atoms with van der Waals surface area (Å²) >= 11 is 0. The van der Waals surface area contributed by atoms with Crippen LogP contribution in [0, 0.1) is 0 Å². The van der Waals surface area contributed by atoms with Gasteiger partial charge in [0.05, 0.1) is 0 Å². The maximum absolute atomic E-state index is 10.4. The minimum Gasteiger partial charge on any atom is -0.357 e. The van der Waals surface area contributed by atoms with E-state index in [1.807, 2.05) is 0 Å². The summed E-state index contributed by atoms with van der Waals surface area (Å²) in [5, 5.41) is 12.7. The molecule has 0 aliphatic heterocycles. The zero-order chi connectivity index (χ0) is 6.57. The second kappa shape index (κ2) is 3.43. The van der Waals surface area contributed by atoms with Gasteiger partial charge in [-0.25, -0.2) is 5.11 Å². The van der Waals surface area contributed by atoms with Gasteiger partial charge in [-0.05, 0) is 6.42 Å². The molecule has 0 aromatic carbocycles. The van der Waals surface area contributed by atoms with Crippen LogP contribution in [0.2, 0.25) is 0 Å². The Kier molecular flexibility index (Phi) is 3.19. The molecule has 1 N–H and O–H groups in total. The quantitative estimate of drug-likeness (QED) is 0.540. The van der Waals surface area contributed by atoms with Crippen LogP contribution in [-0.2, 0) is 9.90 Å². The van der Waals surface area contributed by atoms with Crippen molar-refractivity contribution in [3.63, 3.8) is 0 Å². The van der Waals surface area contributed by atoms with Gasteiger partial charge in [0.15, 0.2) is 6.10 Å². The molecule has 0 bridgehead atoms. The molecular formula is C5H10NO2. The zero-order valence-electron chi connectivity index (χ0n) is 5.10. The molecule has 1 radical (unpaired) electrons. The molecule has 47 valence electrons. The molecule has 0 spiro atoms. The van der Waals surface area contributed by atoms with Crippen LogP contribution in [0.3, 0.4) is 0 Å². The van der Waals surface area contributed by atoms with Crippen LogP contribution in [-0.4, -0.2) is 19.1 Å². The van der Waals surface area contributed by atoms with Gasteiger partial charge in [0.25, 0.3) is 5.91 Å². The Hall–Kier alpha value is -0.570. The lowest BCUT2D eigenvalue weighted by Crippen LogP contribution is -2.29. The van der Waals surface area contributed by atoms with Gasteiger partial charge in [-0.3, -0.25) is 4.79 Å². The van der Waals surface area contributed by atoms with Crippen LogP contribution in [0.4, 0.5) is 0 Å². The summed E-state index contributed by atoms with van der Waals surface area (Å²) in [5.74, 6) is -0.424. The zero-order valence-corrected chi connectivity index (χ0v) is 5.10. The summed E-state index contributed by atoms with van der Waals surface area (Å²) in [6, 6.07) is 0. The maximum atomic E-state index is 10.4. The molecule has 3 heteroatoms. The fraction of sp³-hybridized carbons (Fsp3) is 0.800. The van der Waals surface area contributed by atoms with Crippen LogP contribution in [0.15, 0.2) is 0 Å². The number of hydrogen-bond donors (Lipinski definition) is 1. The first-order valence-corrected chi connectivity index (χ1v) is 2.59. The Labute approximate surface area is 48.7 Å². The van der Waals surface area contributed by atoms with Crippen molar-refractivity contribution >= 4 is 5.91 Å². The number of carbonyl (C=O) groups excluding carboxylic acids is 1. The third-order valence-corrected chi connectivity index (χ3v) is 0.910. The van der Waals surface area contributed by atoms with E-state index in [0.717, 1.165) is 0 Å². The van der Waals surface area contributed by atoms with Crippen LogP contribution in [0.1, 0.15) is 13.3 Å². The second-order valence-corrected chi connectivity index (χ2v) is 1.51. The number of likely N-dealkylation sites (N-methyl/N-ethyl adjacent to an activating group) is 1. The summed E-state index contributed by atoms with van der Waals surface area (Å²) in [6.45, 7) is 1.69. The Morgan fingerprint density at radius 2 is 2.25 bits per heavy atom. The van der Waals surface area contributed by atoms with Crippen molar-refractivity contribution in [1.82, 2.24) is 5.32 Å². The van der Waals surface area contributed by atoms with E-state index >= 15 is 0 Å². The highest BCUT2D eigenvalue weighted by Crippen LogP contribution is 1.87. The van der Waals surface area contributed by atoms with Crippen molar-refractivity contribution in [1.29, 1.82) is 0 Å². The summed E-state index contributed by atoms with van der Waals surface area (Å²) in [6.07, 6.45) is -0.723. The average Bonchev–Trinajstić information content (AvgIpc) is 1.84. The molecule has 0 saturated heterocycles. The van der Waals surface area contributed by atoms with Gasteiger partial charge in [0, 0.05) is 7.05 Å². The lowest BCUT2D eigenvalue weighted by atomic mass is 10.3. The highest BCUT2D eigenvalue weighted by atomic mass is 16.3. The Morgan fingerprint density at radius 1 is 1.75 bits per heavy atom. The smallest absolute Gasteiger partial charge is 0.252 e. The van der Waals surface area contributed by atoms with Gasteiger partial charge in [-0.2, -0.15) is 0 Å². The second-order valence-electron chi connectivity index (χ2n) is 1.51. The van der Waals surface area contributed by atoms with Gasteiger partial charge >= 0.3 is 0 Å². The van der Waals surface area contributed by atoms with E-state index in [0.29, 0.717) is 6.42 Å². The fourth-order valence-electron chi connectivity index (χ4n) is 0.346. The van der Waals surface area contributed by atoms with Gasteiger partial charge in [-0.1, -0.05) is 6.92 Å². The van der Waals surface area contributed by atoms with Crippen LogP contribution in [0.5, 0.6) is 0 Å². The van der Waals surface area contributed by atoms with E-state index in [1.165, 1.54) is 7.05 Å². The molecule has 1 unspecified atom stereocenters. The lowest BCUT2D eigenvalue weighted by Gasteiger charge is -2.00. The van der Waals surface area contributed by atoms with E-state index in [1.54, 1.807) is 6.92 Å². The van der Waals surface area contributed by atoms with Crippen LogP contribution >= 0.6 is 0 Å². The number of rotatable bonds is 2. The van der Waals surface area contributed by atoms with Crippen molar-refractivity contribution in [2.24, 2.45) is 0 Å². The highest BCUT2D eigenvalue weighted by molar-refractivity contribution is 5.79. The molecule has 0 aliphatic rings. The molecule has 0 rings (SSSR count). The molecular weight excluding hydrogens is 106 g/mol. The molecule has 8 heavy (non-hydrogen) atoms. The molecule has 1 atom stereocenters. The van der Waals surface area contributed by atoms with E-state index in [-0.39, 0.29) is 0 Å². The van der Waals surface area contributed by atoms with Crippen molar-refractivity contribution in [2.45, 2.75) is 19.4 Å². The fourth-order valence-corrected chi connectivity index (χ4v) is 0.346. The minimum atomic E-state index is -1.08. The van der Waals surface area contributed by atoms with Crippen molar-refractivity contribution in [2.75, 3.05) is 7.05 Å². The lowest BCUT2D eigenvalue weighted by molar-refractivity contribution is -0.132. The van der Waals surface area contributed by atoms with Crippen molar-refractivity contribution in [3.05, 3.63) is 0 Å². The molecule has 0 aromatic rings. The van der Waals surface area contributed by atoms with Gasteiger partial charge < -0.3 is 5.32 Å². The Balaban J connectivity index is 3.46. The van der Waals surface area contributed by atoms with E-state index < -0.39 is 12.0 Å². The first-order chi connectivity index (χ1) is 3.72. The number of nitrogens with one attached hydrogen (secondary N) is 1. The topological polar surface area (TPSA) is 49.0 Å². The predicted octanol–water partition coefficient (Wildman–Crippen LogP) is -0.0585. The average molecular weight is 116 g/mol. The SMILES string of the molecule is CCC([O])C(=O)NC. The molecule has 3 nitrogen and oxygen atoms in total. The van der Waals surface area contributed by atoms with Crippen molar-refractivity contribution in [3.8, 4) is 0 Å². The molecule has 0 aliphatic carbocycles. The minimum absolute atomic E-state index is 0.361. The van der Waals surface area contributed by atoms with Crippen LogP contribution in [0.25, 0.3) is 0 Å². The predicted molar refractivity (Wildman–Crippen MR) is 28.8 cm³/mol. The summed E-state index contributed by atoms with van der Waals surface area (Å²) in [7, 11) is 1.46. The third kappa shape index (κ3) is 1.93. The molecule has 0 fully saturated rings. The number of amides is 1. The Morgan fingerprint density at radius 3 is 2.38 bits per heavy atom. The first-order valence-electron chi connectivity index (χ1n) is 2.59. The first kappa shape index (κ1) is 7.43. The standard InChI is InChI=1S/C5H10NO2/c1-3-4(7)5(8)6-2/h4H,3H2,1-2H3,(H,6,8). The third-order valence-electron chi connectivity index (χ3n) is 0.910. The number of hydrogen-bond acceptors (Lipinski definition) is 1. The van der Waals surface area contributed by atoms with Gasteiger partial charge in [0.2, 0.25) is 0 Å².